The molecule has 0 unspecified atom stereocenters. The van der Waals surface area contributed by atoms with Gasteiger partial charge in [-0.1, -0.05) is 54.1 Å². The molecule has 3 aromatic rings. The van der Waals surface area contributed by atoms with E-state index >= 15 is 0 Å². The molecule has 0 saturated heterocycles. The number of aryl methyl sites for hydroxylation is 1. The lowest BCUT2D eigenvalue weighted by Crippen LogP contribution is -2.33. The summed E-state index contributed by atoms with van der Waals surface area (Å²) in [6.45, 7) is 2.10. The highest BCUT2D eigenvalue weighted by Gasteiger charge is 2.40. The van der Waals surface area contributed by atoms with E-state index in [1.54, 1.807) is 11.3 Å². The van der Waals surface area contributed by atoms with Crippen LogP contribution in [0, 0.1) is 6.92 Å². The third kappa shape index (κ3) is 2.45. The second-order valence-corrected chi connectivity index (χ2v) is 7.49. The van der Waals surface area contributed by atoms with Crippen LogP contribution in [0.3, 0.4) is 0 Å². The normalized spacial score (nSPS) is 21.3. The number of nitrogens with zero attached hydrogens (tertiary/aromatic N) is 2. The number of fused-ring (bicyclic) bond motifs is 3. The number of para-hydroxylation sites is 1. The average molecular weight is 346 g/mol. The monoisotopic (exact) mass is 346 g/mol. The van der Waals surface area contributed by atoms with Crippen LogP contribution >= 0.6 is 11.3 Å². The Balaban J connectivity index is 1.60. The van der Waals surface area contributed by atoms with Crippen LogP contribution in [0.4, 0.5) is 0 Å². The Morgan fingerprint density at radius 2 is 1.88 bits per heavy atom. The summed E-state index contributed by atoms with van der Waals surface area (Å²) < 4.78 is 6.36. The van der Waals surface area contributed by atoms with E-state index in [2.05, 4.69) is 71.9 Å². The van der Waals surface area contributed by atoms with Crippen molar-refractivity contribution < 1.29 is 4.74 Å². The van der Waals surface area contributed by atoms with Crippen LogP contribution in [0.5, 0.6) is 5.75 Å². The Morgan fingerprint density at radius 1 is 1.04 bits per heavy atom. The summed E-state index contributed by atoms with van der Waals surface area (Å²) in [7, 11) is 0. The fourth-order valence-electron chi connectivity index (χ4n) is 3.58. The van der Waals surface area contributed by atoms with Crippen LogP contribution in [-0.4, -0.2) is 10.7 Å². The minimum atomic E-state index is -0.182. The Hall–Kier alpha value is -2.59. The fourth-order valence-corrected chi connectivity index (χ4v) is 4.30. The predicted octanol–water partition coefficient (Wildman–Crippen LogP) is 5.30. The number of benzene rings is 2. The molecule has 0 spiro atoms. The SMILES string of the molecule is Cc1ccc([C@H]2Oc3ccccc3[C@@H]3CC(c4cccs4)=NN23)cc1. The molecule has 3 heterocycles. The van der Waals surface area contributed by atoms with Crippen LogP contribution in [-0.2, 0) is 0 Å². The molecular weight excluding hydrogens is 328 g/mol. The maximum absolute atomic E-state index is 6.36. The zero-order valence-corrected chi connectivity index (χ0v) is 14.7. The molecule has 2 aliphatic heterocycles. The Morgan fingerprint density at radius 3 is 2.68 bits per heavy atom. The number of ether oxygens (including phenoxy) is 1. The number of hydrogen-bond donors (Lipinski definition) is 0. The molecule has 3 nitrogen and oxygen atoms in total. The van der Waals surface area contributed by atoms with Gasteiger partial charge in [-0.25, -0.2) is 5.01 Å². The number of hydrazone groups is 1. The van der Waals surface area contributed by atoms with Crippen LogP contribution in [0.1, 0.15) is 40.3 Å². The molecule has 2 aromatic carbocycles. The van der Waals surface area contributed by atoms with Gasteiger partial charge in [-0.2, -0.15) is 5.10 Å². The zero-order valence-electron chi connectivity index (χ0n) is 13.9. The lowest BCUT2D eigenvalue weighted by molar-refractivity contribution is -0.0190. The number of rotatable bonds is 2. The second-order valence-electron chi connectivity index (χ2n) is 6.54. The summed E-state index contributed by atoms with van der Waals surface area (Å²) in [6, 6.07) is 21.4. The topological polar surface area (TPSA) is 24.8 Å². The highest BCUT2D eigenvalue weighted by atomic mass is 32.1. The van der Waals surface area contributed by atoms with E-state index in [9.17, 15) is 0 Å². The summed E-state index contributed by atoms with van der Waals surface area (Å²) >= 11 is 1.75. The van der Waals surface area contributed by atoms with Crippen molar-refractivity contribution in [2.24, 2.45) is 5.10 Å². The Bertz CT molecular complexity index is 931. The first-order valence-corrected chi connectivity index (χ1v) is 9.39. The van der Waals surface area contributed by atoms with Crippen molar-refractivity contribution in [1.82, 2.24) is 5.01 Å². The van der Waals surface area contributed by atoms with Gasteiger partial charge in [0, 0.05) is 17.5 Å². The van der Waals surface area contributed by atoms with Gasteiger partial charge in [0.25, 0.3) is 0 Å². The Labute approximate surface area is 151 Å². The van der Waals surface area contributed by atoms with Gasteiger partial charge in [0.1, 0.15) is 5.75 Å². The quantitative estimate of drug-likeness (QED) is 0.629. The molecule has 124 valence electrons. The van der Waals surface area contributed by atoms with E-state index in [0.29, 0.717) is 0 Å². The molecule has 1 aromatic heterocycles. The van der Waals surface area contributed by atoms with Crippen LogP contribution in [0.25, 0.3) is 0 Å². The Kier molecular flexibility index (Phi) is 3.38. The van der Waals surface area contributed by atoms with Gasteiger partial charge < -0.3 is 4.74 Å². The van der Waals surface area contributed by atoms with Gasteiger partial charge in [-0.3, -0.25) is 0 Å². The van der Waals surface area contributed by atoms with Crippen LogP contribution in [0.2, 0.25) is 0 Å². The van der Waals surface area contributed by atoms with E-state index in [1.807, 2.05) is 6.07 Å². The minimum Gasteiger partial charge on any atom is -0.464 e. The molecular formula is C21H18N2OS. The summed E-state index contributed by atoms with van der Waals surface area (Å²) in [4.78, 5) is 1.24. The van der Waals surface area contributed by atoms with E-state index in [-0.39, 0.29) is 12.3 Å². The average Bonchev–Trinajstić information content (AvgIpc) is 3.31. The van der Waals surface area contributed by atoms with Crippen LogP contribution in [0.15, 0.2) is 71.1 Å². The molecule has 25 heavy (non-hydrogen) atoms. The molecule has 0 amide bonds. The van der Waals surface area contributed by atoms with Crippen molar-refractivity contribution in [1.29, 1.82) is 0 Å². The van der Waals surface area contributed by atoms with Gasteiger partial charge >= 0.3 is 0 Å². The van der Waals surface area contributed by atoms with Crippen molar-refractivity contribution >= 4 is 17.0 Å². The van der Waals surface area contributed by atoms with E-state index in [4.69, 9.17) is 9.84 Å². The lowest BCUT2D eigenvalue weighted by atomic mass is 9.97. The summed E-state index contributed by atoms with van der Waals surface area (Å²) in [5, 5.41) is 9.22. The molecule has 0 fully saturated rings. The van der Waals surface area contributed by atoms with Crippen molar-refractivity contribution in [3.63, 3.8) is 0 Å². The zero-order chi connectivity index (χ0) is 16.8. The number of hydrogen-bond acceptors (Lipinski definition) is 4. The van der Waals surface area contributed by atoms with E-state index in [0.717, 1.165) is 23.4 Å². The molecule has 5 rings (SSSR count). The first-order valence-electron chi connectivity index (χ1n) is 8.51. The van der Waals surface area contributed by atoms with E-state index < -0.39 is 0 Å². The molecule has 2 aliphatic rings. The first-order chi connectivity index (χ1) is 12.3. The minimum absolute atomic E-state index is 0.182. The lowest BCUT2D eigenvalue weighted by Gasteiger charge is -2.38. The highest BCUT2D eigenvalue weighted by molar-refractivity contribution is 7.12. The maximum atomic E-state index is 6.36. The van der Waals surface area contributed by atoms with E-state index in [1.165, 1.54) is 16.0 Å². The fraction of sp³-hybridized carbons (Fsp3) is 0.190. The van der Waals surface area contributed by atoms with Gasteiger partial charge in [0.15, 0.2) is 0 Å². The first kappa shape index (κ1) is 14.7. The van der Waals surface area contributed by atoms with Crippen molar-refractivity contribution in [2.45, 2.75) is 25.6 Å². The standard InChI is InChI=1S/C21H18N2OS/c1-14-8-10-15(11-9-14)21-23-18(16-5-2-3-6-19(16)24-21)13-17(22-23)20-7-4-12-25-20/h2-12,18,21H,13H2,1H3/t18-,21+/m0/s1. The largest absolute Gasteiger partial charge is 0.464 e. The maximum Gasteiger partial charge on any atom is 0.213 e. The smallest absolute Gasteiger partial charge is 0.213 e. The molecule has 0 aliphatic carbocycles. The molecule has 0 bridgehead atoms. The van der Waals surface area contributed by atoms with Crippen molar-refractivity contribution in [3.05, 3.63) is 87.6 Å². The van der Waals surface area contributed by atoms with Crippen molar-refractivity contribution in [2.75, 3.05) is 0 Å². The molecule has 2 atom stereocenters. The molecule has 4 heteroatoms. The van der Waals surface area contributed by atoms with Gasteiger partial charge in [-0.15, -0.1) is 11.3 Å². The number of thiophene rings is 1. The second kappa shape index (κ2) is 5.74. The molecule has 0 radical (unpaired) electrons. The van der Waals surface area contributed by atoms with Gasteiger partial charge in [-0.05, 0) is 24.4 Å². The third-order valence-electron chi connectivity index (χ3n) is 4.87. The molecule has 0 saturated carbocycles. The van der Waals surface area contributed by atoms with Crippen LogP contribution < -0.4 is 4.74 Å². The van der Waals surface area contributed by atoms with Crippen molar-refractivity contribution in [3.8, 4) is 5.75 Å². The third-order valence-corrected chi connectivity index (χ3v) is 5.79. The highest BCUT2D eigenvalue weighted by Crippen LogP contribution is 2.47. The summed E-state index contributed by atoms with van der Waals surface area (Å²) in [5.74, 6) is 0.969. The summed E-state index contributed by atoms with van der Waals surface area (Å²) in [5.41, 5.74) is 4.76. The van der Waals surface area contributed by atoms with Gasteiger partial charge in [0.2, 0.25) is 6.23 Å². The predicted molar refractivity (Wildman–Crippen MR) is 101 cm³/mol. The summed E-state index contributed by atoms with van der Waals surface area (Å²) in [6.07, 6.45) is 0.737. The molecule has 0 N–H and O–H groups in total. The van der Waals surface area contributed by atoms with Gasteiger partial charge in [0.05, 0.1) is 16.6 Å².